The van der Waals surface area contributed by atoms with E-state index in [4.69, 9.17) is 9.15 Å². The Morgan fingerprint density at radius 3 is 2.48 bits per heavy atom. The molecule has 4 aromatic rings. The normalized spacial score (nSPS) is 11.5. The van der Waals surface area contributed by atoms with Crippen LogP contribution in [-0.4, -0.2) is 11.1 Å². The van der Waals surface area contributed by atoms with E-state index in [-0.39, 0.29) is 12.0 Å². The highest BCUT2D eigenvalue weighted by atomic mass is 16.5. The quantitative estimate of drug-likeness (QED) is 0.397. The Morgan fingerprint density at radius 1 is 1.03 bits per heavy atom. The molecular weight excluding hydrogens is 388 g/mol. The lowest BCUT2D eigenvalue weighted by atomic mass is 9.87. The highest BCUT2D eigenvalue weighted by Crippen LogP contribution is 2.28. The Balaban J connectivity index is 1.41. The number of carbonyl (C=O) groups is 1. The Labute approximate surface area is 182 Å². The molecule has 0 saturated heterocycles. The van der Waals surface area contributed by atoms with Gasteiger partial charge in [-0.1, -0.05) is 63.2 Å². The van der Waals surface area contributed by atoms with Crippen LogP contribution in [0, 0.1) is 6.92 Å². The first kappa shape index (κ1) is 20.7. The van der Waals surface area contributed by atoms with E-state index in [1.807, 2.05) is 43.3 Å². The van der Waals surface area contributed by atoms with Crippen LogP contribution in [-0.2, 0) is 16.8 Å². The summed E-state index contributed by atoms with van der Waals surface area (Å²) in [6.07, 6.45) is -0.512. The molecule has 0 bridgehead atoms. The Kier molecular flexibility index (Phi) is 5.51. The Bertz CT molecular complexity index is 1220. The summed E-state index contributed by atoms with van der Waals surface area (Å²) in [7, 11) is 0. The second-order valence-electron chi connectivity index (χ2n) is 8.66. The van der Waals surface area contributed by atoms with Crippen LogP contribution in [0.15, 0.2) is 71.1 Å². The van der Waals surface area contributed by atoms with E-state index in [1.165, 1.54) is 5.56 Å². The number of hydrogen-bond acceptors (Lipinski definition) is 4. The van der Waals surface area contributed by atoms with Gasteiger partial charge in [0, 0.05) is 11.3 Å². The lowest BCUT2D eigenvalue weighted by molar-refractivity contribution is 0.155. The summed E-state index contributed by atoms with van der Waals surface area (Å²) in [5.74, 6) is 0.562. The maximum atomic E-state index is 12.2. The number of hydrogen-bond donors (Lipinski definition) is 1. The summed E-state index contributed by atoms with van der Waals surface area (Å²) in [6.45, 7) is 8.73. The second kappa shape index (κ2) is 8.26. The fourth-order valence-electron chi connectivity index (χ4n) is 3.34. The third-order valence-electron chi connectivity index (χ3n) is 5.20. The predicted octanol–water partition coefficient (Wildman–Crippen LogP) is 6.85. The van der Waals surface area contributed by atoms with Crippen molar-refractivity contribution >= 4 is 22.9 Å². The van der Waals surface area contributed by atoms with Crippen LogP contribution >= 0.6 is 0 Å². The first-order valence-corrected chi connectivity index (χ1v) is 10.3. The number of anilines is 1. The first-order valence-electron chi connectivity index (χ1n) is 10.3. The molecule has 0 saturated carbocycles. The molecule has 1 N–H and O–H groups in total. The van der Waals surface area contributed by atoms with E-state index in [9.17, 15) is 4.79 Å². The molecule has 1 amide bonds. The van der Waals surface area contributed by atoms with Crippen LogP contribution < -0.4 is 5.32 Å². The maximum Gasteiger partial charge on any atom is 0.411 e. The summed E-state index contributed by atoms with van der Waals surface area (Å²) in [5, 5.41) is 2.76. The highest BCUT2D eigenvalue weighted by molar-refractivity contribution is 5.88. The van der Waals surface area contributed by atoms with Gasteiger partial charge < -0.3 is 9.15 Å². The minimum atomic E-state index is -0.512. The molecule has 3 aromatic carbocycles. The van der Waals surface area contributed by atoms with Crippen LogP contribution in [0.25, 0.3) is 22.6 Å². The zero-order valence-electron chi connectivity index (χ0n) is 18.2. The summed E-state index contributed by atoms with van der Waals surface area (Å²) >= 11 is 0. The monoisotopic (exact) mass is 414 g/mol. The molecule has 158 valence electrons. The van der Waals surface area contributed by atoms with Gasteiger partial charge in [0.1, 0.15) is 12.1 Å². The lowest BCUT2D eigenvalue weighted by Gasteiger charge is -2.19. The number of fused-ring (bicyclic) bond motifs is 1. The minimum absolute atomic E-state index is 0.0929. The number of amides is 1. The molecular formula is C26H26N2O3. The van der Waals surface area contributed by atoms with E-state index < -0.39 is 6.09 Å². The number of ether oxygens (including phenoxy) is 1. The van der Waals surface area contributed by atoms with Gasteiger partial charge in [-0.25, -0.2) is 9.78 Å². The van der Waals surface area contributed by atoms with E-state index in [1.54, 1.807) is 18.2 Å². The Hall–Kier alpha value is -3.60. The van der Waals surface area contributed by atoms with Crippen LogP contribution in [0.2, 0.25) is 0 Å². The van der Waals surface area contributed by atoms with Crippen LogP contribution in [0.1, 0.15) is 37.5 Å². The molecule has 5 heteroatoms. The van der Waals surface area contributed by atoms with Crippen molar-refractivity contribution in [1.82, 2.24) is 4.98 Å². The average Bonchev–Trinajstić information content (AvgIpc) is 3.15. The number of oxazole rings is 1. The highest BCUT2D eigenvalue weighted by Gasteiger charge is 2.14. The third-order valence-corrected chi connectivity index (χ3v) is 5.20. The molecule has 1 heterocycles. The molecule has 1 aromatic heterocycles. The fraction of sp³-hybridized carbons (Fsp3) is 0.231. The van der Waals surface area contributed by atoms with Gasteiger partial charge in [-0.05, 0) is 53.3 Å². The van der Waals surface area contributed by atoms with Crippen LogP contribution in [0.5, 0.6) is 0 Å². The van der Waals surface area contributed by atoms with Crippen molar-refractivity contribution in [3.05, 3.63) is 83.4 Å². The molecule has 0 aliphatic carbocycles. The molecule has 4 rings (SSSR count). The van der Waals surface area contributed by atoms with Gasteiger partial charge in [-0.3, -0.25) is 5.32 Å². The van der Waals surface area contributed by atoms with Crippen molar-refractivity contribution in [3.63, 3.8) is 0 Å². The van der Waals surface area contributed by atoms with Crippen molar-refractivity contribution < 1.29 is 13.9 Å². The molecule has 0 radical (unpaired) electrons. The molecule has 31 heavy (non-hydrogen) atoms. The molecule has 0 spiro atoms. The fourth-order valence-corrected chi connectivity index (χ4v) is 3.34. The maximum absolute atomic E-state index is 12.2. The van der Waals surface area contributed by atoms with Gasteiger partial charge in [0.2, 0.25) is 5.89 Å². The van der Waals surface area contributed by atoms with Gasteiger partial charge in [-0.2, -0.15) is 0 Å². The second-order valence-corrected chi connectivity index (χ2v) is 8.66. The molecule has 5 nitrogen and oxygen atoms in total. The number of aryl methyl sites for hydroxylation is 1. The Morgan fingerprint density at radius 2 is 1.77 bits per heavy atom. The van der Waals surface area contributed by atoms with Crippen molar-refractivity contribution in [1.29, 1.82) is 0 Å². The van der Waals surface area contributed by atoms with Crippen molar-refractivity contribution in [3.8, 4) is 11.5 Å². The lowest BCUT2D eigenvalue weighted by Crippen LogP contribution is -2.14. The van der Waals surface area contributed by atoms with E-state index >= 15 is 0 Å². The number of carbonyl (C=O) groups excluding carboxylic acids is 1. The smallest absolute Gasteiger partial charge is 0.411 e. The zero-order valence-corrected chi connectivity index (χ0v) is 18.2. The van der Waals surface area contributed by atoms with E-state index in [0.717, 1.165) is 16.7 Å². The summed E-state index contributed by atoms with van der Waals surface area (Å²) in [6, 6.07) is 21.4. The van der Waals surface area contributed by atoms with Crippen LogP contribution in [0.3, 0.4) is 0 Å². The van der Waals surface area contributed by atoms with Crippen molar-refractivity contribution in [2.45, 2.75) is 39.7 Å². The van der Waals surface area contributed by atoms with Gasteiger partial charge in [-0.15, -0.1) is 0 Å². The topological polar surface area (TPSA) is 64.4 Å². The van der Waals surface area contributed by atoms with Gasteiger partial charge in [0.25, 0.3) is 0 Å². The van der Waals surface area contributed by atoms with Gasteiger partial charge in [0.15, 0.2) is 5.58 Å². The van der Waals surface area contributed by atoms with E-state index in [2.05, 4.69) is 43.2 Å². The summed E-state index contributed by atoms with van der Waals surface area (Å²) in [4.78, 5) is 16.8. The summed E-state index contributed by atoms with van der Waals surface area (Å²) < 4.78 is 11.2. The number of rotatable bonds is 4. The predicted molar refractivity (Wildman–Crippen MR) is 123 cm³/mol. The molecule has 0 unspecified atom stereocenters. The standard InChI is InChI=1S/C26H26N2O3/c1-17-7-5-6-8-21(17)24-28-22-15-20(13-14-23(22)31-24)27-25(29)30-16-18-9-11-19(12-10-18)26(2,3)4/h5-15H,16H2,1-4H3,(H,27,29). The molecule has 0 aliphatic rings. The first-order chi connectivity index (χ1) is 14.8. The molecule has 0 atom stereocenters. The van der Waals surface area contributed by atoms with Gasteiger partial charge >= 0.3 is 6.09 Å². The zero-order chi connectivity index (χ0) is 22.0. The minimum Gasteiger partial charge on any atom is -0.444 e. The number of aromatic nitrogens is 1. The number of nitrogens with zero attached hydrogens (tertiary/aromatic N) is 1. The van der Waals surface area contributed by atoms with Crippen LogP contribution in [0.4, 0.5) is 10.5 Å². The largest absolute Gasteiger partial charge is 0.444 e. The number of nitrogens with one attached hydrogen (secondary N) is 1. The molecule has 0 fully saturated rings. The number of benzene rings is 3. The van der Waals surface area contributed by atoms with Crippen molar-refractivity contribution in [2.75, 3.05) is 5.32 Å². The molecule has 0 aliphatic heterocycles. The summed E-state index contributed by atoms with van der Waals surface area (Å²) in [5.41, 5.74) is 6.26. The average molecular weight is 415 g/mol. The van der Waals surface area contributed by atoms with Crippen molar-refractivity contribution in [2.24, 2.45) is 0 Å². The van der Waals surface area contributed by atoms with Gasteiger partial charge in [0.05, 0.1) is 0 Å². The third kappa shape index (κ3) is 4.77. The SMILES string of the molecule is Cc1ccccc1-c1nc2cc(NC(=O)OCc3ccc(C(C)(C)C)cc3)ccc2o1. The van der Waals surface area contributed by atoms with E-state index in [0.29, 0.717) is 22.7 Å².